The molecular formula is C12H14ClNS. The molecule has 0 aliphatic heterocycles. The molecule has 0 atom stereocenters. The molecule has 0 aliphatic carbocycles. The summed E-state index contributed by atoms with van der Waals surface area (Å²) < 4.78 is 1.14. The molecule has 2 aromatic rings. The highest BCUT2D eigenvalue weighted by Crippen LogP contribution is 2.35. The predicted molar refractivity (Wildman–Crippen MR) is 68.1 cm³/mol. The van der Waals surface area contributed by atoms with E-state index < -0.39 is 0 Å². The summed E-state index contributed by atoms with van der Waals surface area (Å²) in [5.74, 6) is 0.467. The molecule has 0 amide bonds. The smallest absolute Gasteiger partial charge is 0.0936 e. The first kappa shape index (κ1) is 10.9. The molecule has 0 fully saturated rings. The van der Waals surface area contributed by atoms with Crippen LogP contribution in [0.2, 0.25) is 5.02 Å². The Bertz CT molecular complexity index is 488. The Kier molecular flexibility index (Phi) is 2.98. The first-order valence-corrected chi connectivity index (χ1v) is 6.40. The minimum atomic E-state index is 0.467. The van der Waals surface area contributed by atoms with Crippen molar-refractivity contribution >= 4 is 33.2 Å². The van der Waals surface area contributed by atoms with Gasteiger partial charge in [-0.3, -0.25) is 0 Å². The zero-order valence-electron chi connectivity index (χ0n) is 9.17. The van der Waals surface area contributed by atoms with Crippen LogP contribution in [0.4, 0.5) is 0 Å². The first-order valence-electron chi connectivity index (χ1n) is 5.21. The van der Waals surface area contributed by atoms with E-state index in [2.05, 4.69) is 37.9 Å². The van der Waals surface area contributed by atoms with Gasteiger partial charge in [0.25, 0.3) is 0 Å². The fourth-order valence-corrected chi connectivity index (χ4v) is 3.06. The third-order valence-corrected chi connectivity index (χ3v) is 4.25. The topological polar surface area (TPSA) is 12.9 Å². The lowest BCUT2D eigenvalue weighted by atomic mass is 10.0. The van der Waals surface area contributed by atoms with Crippen LogP contribution in [-0.4, -0.2) is 4.98 Å². The maximum atomic E-state index is 6.38. The Morgan fingerprint density at radius 1 is 1.40 bits per heavy atom. The van der Waals surface area contributed by atoms with Gasteiger partial charge in [-0.25, -0.2) is 4.98 Å². The predicted octanol–water partition coefficient (Wildman–Crippen LogP) is 4.64. The highest BCUT2D eigenvalue weighted by atomic mass is 35.5. The number of rotatable bonds is 2. The molecule has 1 aromatic heterocycles. The van der Waals surface area contributed by atoms with Crippen LogP contribution in [0.25, 0.3) is 10.2 Å². The minimum absolute atomic E-state index is 0.467. The van der Waals surface area contributed by atoms with Gasteiger partial charge in [0.05, 0.1) is 20.2 Å². The van der Waals surface area contributed by atoms with Gasteiger partial charge in [-0.15, -0.1) is 11.3 Å². The van der Waals surface area contributed by atoms with Crippen molar-refractivity contribution in [2.75, 3.05) is 0 Å². The summed E-state index contributed by atoms with van der Waals surface area (Å²) in [7, 11) is 0. The third-order valence-electron chi connectivity index (χ3n) is 2.50. The molecule has 1 heterocycles. The summed E-state index contributed by atoms with van der Waals surface area (Å²) in [6, 6.07) is 4.17. The van der Waals surface area contributed by atoms with E-state index in [-0.39, 0.29) is 0 Å². The molecule has 15 heavy (non-hydrogen) atoms. The van der Waals surface area contributed by atoms with Crippen LogP contribution in [0, 0.1) is 0 Å². The van der Waals surface area contributed by atoms with Crippen molar-refractivity contribution in [3.8, 4) is 0 Å². The zero-order valence-corrected chi connectivity index (χ0v) is 10.7. The van der Waals surface area contributed by atoms with Crippen LogP contribution in [-0.2, 0) is 6.42 Å². The number of hydrogen-bond acceptors (Lipinski definition) is 2. The van der Waals surface area contributed by atoms with E-state index >= 15 is 0 Å². The maximum Gasteiger partial charge on any atom is 0.0936 e. The van der Waals surface area contributed by atoms with Crippen molar-refractivity contribution in [2.45, 2.75) is 33.1 Å². The lowest BCUT2D eigenvalue weighted by molar-refractivity contribution is 0.869. The number of benzene rings is 1. The van der Waals surface area contributed by atoms with E-state index in [1.54, 1.807) is 11.3 Å². The Morgan fingerprint density at radius 2 is 2.13 bits per heavy atom. The van der Waals surface area contributed by atoms with Gasteiger partial charge in [0.2, 0.25) is 0 Å². The molecule has 80 valence electrons. The van der Waals surface area contributed by atoms with Gasteiger partial charge < -0.3 is 0 Å². The van der Waals surface area contributed by atoms with Gasteiger partial charge in [-0.2, -0.15) is 0 Å². The van der Waals surface area contributed by atoms with E-state index in [0.29, 0.717) is 5.92 Å². The van der Waals surface area contributed by atoms with Gasteiger partial charge >= 0.3 is 0 Å². The van der Waals surface area contributed by atoms with Crippen LogP contribution >= 0.6 is 22.9 Å². The summed E-state index contributed by atoms with van der Waals surface area (Å²) in [4.78, 5) is 4.53. The van der Waals surface area contributed by atoms with E-state index in [9.17, 15) is 0 Å². The molecule has 3 heteroatoms. The van der Waals surface area contributed by atoms with Crippen molar-refractivity contribution in [1.82, 2.24) is 4.98 Å². The second-order valence-corrected chi connectivity index (χ2v) is 5.39. The number of fused-ring (bicyclic) bond motifs is 1. The summed E-state index contributed by atoms with van der Waals surface area (Å²) in [5, 5.41) is 2.05. The number of aromatic nitrogens is 1. The SMILES string of the molecule is CCc1nc2ccc(C(C)C)c(Cl)c2s1. The van der Waals surface area contributed by atoms with Crippen LogP contribution in [0.15, 0.2) is 12.1 Å². The van der Waals surface area contributed by atoms with Crippen molar-refractivity contribution in [3.05, 3.63) is 27.7 Å². The second kappa shape index (κ2) is 4.11. The quantitative estimate of drug-likeness (QED) is 0.744. The summed E-state index contributed by atoms with van der Waals surface area (Å²) in [6.45, 7) is 6.44. The van der Waals surface area contributed by atoms with Gasteiger partial charge in [-0.1, -0.05) is 38.4 Å². The Balaban J connectivity index is 2.67. The summed E-state index contributed by atoms with van der Waals surface area (Å²) >= 11 is 8.09. The Hall–Kier alpha value is -0.600. The van der Waals surface area contributed by atoms with Gasteiger partial charge in [-0.05, 0) is 24.0 Å². The Labute approximate surface area is 99.1 Å². The van der Waals surface area contributed by atoms with Crippen LogP contribution in [0.3, 0.4) is 0 Å². The molecule has 0 spiro atoms. The van der Waals surface area contributed by atoms with E-state index in [1.807, 2.05) is 0 Å². The van der Waals surface area contributed by atoms with Gasteiger partial charge in [0.15, 0.2) is 0 Å². The third kappa shape index (κ3) is 1.88. The van der Waals surface area contributed by atoms with E-state index in [0.717, 1.165) is 26.7 Å². The Morgan fingerprint density at radius 3 is 2.73 bits per heavy atom. The average molecular weight is 240 g/mol. The van der Waals surface area contributed by atoms with Crippen molar-refractivity contribution < 1.29 is 0 Å². The van der Waals surface area contributed by atoms with Crippen LogP contribution in [0.5, 0.6) is 0 Å². The van der Waals surface area contributed by atoms with Crippen LogP contribution in [0.1, 0.15) is 37.3 Å². The lowest BCUT2D eigenvalue weighted by Crippen LogP contribution is -1.88. The molecular weight excluding hydrogens is 226 g/mol. The molecule has 0 saturated carbocycles. The number of nitrogens with zero attached hydrogens (tertiary/aromatic N) is 1. The average Bonchev–Trinajstić information content (AvgIpc) is 2.61. The highest BCUT2D eigenvalue weighted by Gasteiger charge is 2.11. The fraction of sp³-hybridized carbons (Fsp3) is 0.417. The van der Waals surface area contributed by atoms with Crippen LogP contribution < -0.4 is 0 Å². The molecule has 1 nitrogen and oxygen atoms in total. The summed E-state index contributed by atoms with van der Waals surface area (Å²) in [6.07, 6.45) is 0.979. The monoisotopic (exact) mass is 239 g/mol. The van der Waals surface area contributed by atoms with Gasteiger partial charge in [0, 0.05) is 0 Å². The molecule has 2 rings (SSSR count). The standard InChI is InChI=1S/C12H14ClNS/c1-4-10-14-9-6-5-8(7(2)3)11(13)12(9)15-10/h5-7H,4H2,1-3H3. The van der Waals surface area contributed by atoms with Crippen molar-refractivity contribution in [3.63, 3.8) is 0 Å². The normalized spacial score (nSPS) is 11.5. The largest absolute Gasteiger partial charge is 0.241 e. The molecule has 0 saturated heterocycles. The highest BCUT2D eigenvalue weighted by molar-refractivity contribution is 7.19. The number of halogens is 1. The zero-order chi connectivity index (χ0) is 11.0. The molecule has 0 radical (unpaired) electrons. The molecule has 1 aromatic carbocycles. The van der Waals surface area contributed by atoms with E-state index in [1.165, 1.54) is 5.56 Å². The maximum absolute atomic E-state index is 6.38. The molecule has 0 N–H and O–H groups in total. The molecule has 0 aliphatic rings. The first-order chi connectivity index (χ1) is 7.13. The molecule has 0 unspecified atom stereocenters. The fourth-order valence-electron chi connectivity index (χ4n) is 1.62. The number of thiazole rings is 1. The number of hydrogen-bond donors (Lipinski definition) is 0. The van der Waals surface area contributed by atoms with Gasteiger partial charge in [0.1, 0.15) is 0 Å². The minimum Gasteiger partial charge on any atom is -0.241 e. The summed E-state index contributed by atoms with van der Waals surface area (Å²) in [5.41, 5.74) is 2.25. The van der Waals surface area contributed by atoms with Crippen molar-refractivity contribution in [1.29, 1.82) is 0 Å². The lowest BCUT2D eigenvalue weighted by Gasteiger charge is -2.07. The van der Waals surface area contributed by atoms with E-state index in [4.69, 9.17) is 11.6 Å². The number of aryl methyl sites for hydroxylation is 1. The molecule has 0 bridgehead atoms. The van der Waals surface area contributed by atoms with Crippen molar-refractivity contribution in [2.24, 2.45) is 0 Å². The second-order valence-electron chi connectivity index (χ2n) is 3.93.